The summed E-state index contributed by atoms with van der Waals surface area (Å²) in [5.74, 6) is -2.55. The van der Waals surface area contributed by atoms with Gasteiger partial charge in [0.15, 0.2) is 0 Å². The quantitative estimate of drug-likeness (QED) is 0.825. The van der Waals surface area contributed by atoms with Crippen LogP contribution in [0.25, 0.3) is 0 Å². The Hall–Kier alpha value is -1.56. The molecule has 1 aromatic rings. The van der Waals surface area contributed by atoms with Gasteiger partial charge in [-0.2, -0.15) is 0 Å². The number of nitrogens with one attached hydrogen (secondary N) is 1. The lowest BCUT2D eigenvalue weighted by molar-refractivity contribution is 0.0932. The molecule has 0 heterocycles. The first kappa shape index (κ1) is 14.5. The molecule has 0 spiro atoms. The number of aryl methyl sites for hydroxylation is 1. The second-order valence-corrected chi connectivity index (χ2v) is 4.62. The van der Waals surface area contributed by atoms with Crippen molar-refractivity contribution in [2.75, 3.05) is 0 Å². The van der Waals surface area contributed by atoms with E-state index in [0.717, 1.165) is 6.07 Å². The van der Waals surface area contributed by atoms with Gasteiger partial charge in [0.25, 0.3) is 5.91 Å². The molecule has 0 aliphatic heterocycles. The van der Waals surface area contributed by atoms with E-state index < -0.39 is 23.1 Å². The summed E-state index contributed by atoms with van der Waals surface area (Å²) in [6.45, 7) is 3.12. The Balaban J connectivity index is 2.91. The fraction of sp³-hybridized carbons (Fsp3) is 0.333. The van der Waals surface area contributed by atoms with Gasteiger partial charge in [0.1, 0.15) is 17.2 Å². The van der Waals surface area contributed by atoms with Crippen molar-refractivity contribution in [2.45, 2.75) is 26.3 Å². The highest BCUT2D eigenvalue weighted by Crippen LogP contribution is 2.16. The number of benzene rings is 1. The summed E-state index contributed by atoms with van der Waals surface area (Å²) in [6.07, 6.45) is 0.274. The molecule has 3 N–H and O–H groups in total. The van der Waals surface area contributed by atoms with Gasteiger partial charge in [-0.15, -0.1) is 0 Å². The SMILES string of the molecule is Cc1ccc(F)c(C(=O)NC(C)CC(N)=S)c1F. The Morgan fingerprint density at radius 1 is 1.50 bits per heavy atom. The van der Waals surface area contributed by atoms with E-state index in [4.69, 9.17) is 18.0 Å². The van der Waals surface area contributed by atoms with Crippen LogP contribution in [0.4, 0.5) is 8.78 Å². The second kappa shape index (κ2) is 5.86. The van der Waals surface area contributed by atoms with Crippen molar-refractivity contribution >= 4 is 23.1 Å². The number of rotatable bonds is 4. The minimum absolute atomic E-state index is 0.212. The smallest absolute Gasteiger partial charge is 0.257 e. The van der Waals surface area contributed by atoms with Gasteiger partial charge < -0.3 is 11.1 Å². The van der Waals surface area contributed by atoms with Crippen molar-refractivity contribution < 1.29 is 13.6 Å². The Kier molecular flexibility index (Phi) is 4.72. The summed E-state index contributed by atoms with van der Waals surface area (Å²) in [5.41, 5.74) is 4.96. The molecule has 98 valence electrons. The molecule has 1 rings (SSSR count). The van der Waals surface area contributed by atoms with Crippen LogP contribution in [0.2, 0.25) is 0 Å². The molecule has 0 radical (unpaired) electrons. The van der Waals surface area contributed by atoms with Crippen molar-refractivity contribution in [1.82, 2.24) is 5.32 Å². The van der Waals surface area contributed by atoms with Crippen molar-refractivity contribution in [3.05, 3.63) is 34.9 Å². The Labute approximate surface area is 109 Å². The Morgan fingerprint density at radius 2 is 2.11 bits per heavy atom. The lowest BCUT2D eigenvalue weighted by atomic mass is 10.1. The van der Waals surface area contributed by atoms with Crippen LogP contribution in [0.5, 0.6) is 0 Å². The molecule has 1 amide bonds. The van der Waals surface area contributed by atoms with E-state index in [-0.39, 0.29) is 23.0 Å². The molecule has 1 aromatic carbocycles. The average molecular weight is 272 g/mol. The largest absolute Gasteiger partial charge is 0.393 e. The van der Waals surface area contributed by atoms with Gasteiger partial charge in [0, 0.05) is 12.5 Å². The van der Waals surface area contributed by atoms with Gasteiger partial charge in [-0.25, -0.2) is 8.78 Å². The molecule has 0 saturated heterocycles. The van der Waals surface area contributed by atoms with Crippen LogP contribution >= 0.6 is 12.2 Å². The topological polar surface area (TPSA) is 55.1 Å². The third kappa shape index (κ3) is 3.46. The lowest BCUT2D eigenvalue weighted by Crippen LogP contribution is -2.36. The molecule has 0 fully saturated rings. The molecule has 0 aromatic heterocycles. The van der Waals surface area contributed by atoms with Gasteiger partial charge in [-0.3, -0.25) is 4.79 Å². The molecule has 0 aliphatic carbocycles. The fourth-order valence-electron chi connectivity index (χ4n) is 1.51. The van der Waals surface area contributed by atoms with Crippen molar-refractivity contribution in [3.63, 3.8) is 0 Å². The summed E-state index contributed by atoms with van der Waals surface area (Å²) in [5, 5.41) is 2.45. The molecule has 0 bridgehead atoms. The fourth-order valence-corrected chi connectivity index (χ4v) is 1.76. The minimum Gasteiger partial charge on any atom is -0.393 e. The number of thiocarbonyl (C=S) groups is 1. The van der Waals surface area contributed by atoms with Gasteiger partial charge in [-0.1, -0.05) is 18.3 Å². The number of carbonyl (C=O) groups excluding carboxylic acids is 1. The second-order valence-electron chi connectivity index (χ2n) is 4.10. The number of nitrogens with two attached hydrogens (primary N) is 1. The Morgan fingerprint density at radius 3 is 2.67 bits per heavy atom. The zero-order valence-electron chi connectivity index (χ0n) is 10.1. The number of hydrogen-bond donors (Lipinski definition) is 2. The molecule has 0 aliphatic rings. The normalized spacial score (nSPS) is 12.0. The number of hydrogen-bond acceptors (Lipinski definition) is 2. The molecule has 0 saturated carbocycles. The summed E-state index contributed by atoms with van der Waals surface area (Å²) in [4.78, 5) is 12.0. The molecular weight excluding hydrogens is 258 g/mol. The van der Waals surface area contributed by atoms with Crippen molar-refractivity contribution in [1.29, 1.82) is 0 Å². The van der Waals surface area contributed by atoms with E-state index in [0.29, 0.717) is 0 Å². The summed E-state index contributed by atoms with van der Waals surface area (Å²) < 4.78 is 27.1. The summed E-state index contributed by atoms with van der Waals surface area (Å²) in [6, 6.07) is 1.96. The predicted molar refractivity (Wildman–Crippen MR) is 69.4 cm³/mol. The number of halogens is 2. The van der Waals surface area contributed by atoms with E-state index in [1.165, 1.54) is 13.0 Å². The molecule has 6 heteroatoms. The van der Waals surface area contributed by atoms with Crippen LogP contribution in [0.3, 0.4) is 0 Å². The first-order chi connectivity index (χ1) is 8.32. The molecular formula is C12H14F2N2OS. The predicted octanol–water partition coefficient (Wildman–Crippen LogP) is 2.07. The maximum Gasteiger partial charge on any atom is 0.257 e. The molecule has 1 unspecified atom stereocenters. The van der Waals surface area contributed by atoms with Crippen LogP contribution in [0.1, 0.15) is 29.3 Å². The van der Waals surface area contributed by atoms with Gasteiger partial charge in [0.05, 0.1) is 4.99 Å². The van der Waals surface area contributed by atoms with Crippen LogP contribution in [0.15, 0.2) is 12.1 Å². The van der Waals surface area contributed by atoms with Gasteiger partial charge in [0.2, 0.25) is 0 Å². The standard InChI is InChI=1S/C12H14F2N2OS/c1-6-3-4-8(13)10(11(6)14)12(17)16-7(2)5-9(15)18/h3-4,7H,5H2,1-2H3,(H2,15,18)(H,16,17). The van der Waals surface area contributed by atoms with Crippen molar-refractivity contribution in [3.8, 4) is 0 Å². The minimum atomic E-state index is -0.891. The van der Waals surface area contributed by atoms with Crippen molar-refractivity contribution in [2.24, 2.45) is 5.73 Å². The number of amides is 1. The average Bonchev–Trinajstić information content (AvgIpc) is 2.22. The number of carbonyl (C=O) groups is 1. The maximum absolute atomic E-state index is 13.7. The summed E-state index contributed by atoms with van der Waals surface area (Å²) >= 11 is 4.69. The van der Waals surface area contributed by atoms with Crippen LogP contribution in [-0.4, -0.2) is 16.9 Å². The zero-order valence-corrected chi connectivity index (χ0v) is 10.9. The zero-order chi connectivity index (χ0) is 13.9. The van der Waals surface area contributed by atoms with Crippen LogP contribution in [-0.2, 0) is 0 Å². The first-order valence-corrected chi connectivity index (χ1v) is 5.77. The first-order valence-electron chi connectivity index (χ1n) is 5.36. The highest BCUT2D eigenvalue weighted by molar-refractivity contribution is 7.80. The third-order valence-electron chi connectivity index (χ3n) is 2.40. The molecule has 3 nitrogen and oxygen atoms in total. The van der Waals surface area contributed by atoms with Crippen LogP contribution in [0, 0.1) is 18.6 Å². The van der Waals surface area contributed by atoms with Gasteiger partial charge >= 0.3 is 0 Å². The van der Waals surface area contributed by atoms with E-state index in [9.17, 15) is 13.6 Å². The molecule has 18 heavy (non-hydrogen) atoms. The maximum atomic E-state index is 13.7. The van der Waals surface area contributed by atoms with E-state index in [2.05, 4.69) is 5.32 Å². The van der Waals surface area contributed by atoms with E-state index in [1.807, 2.05) is 0 Å². The molecule has 1 atom stereocenters. The lowest BCUT2D eigenvalue weighted by Gasteiger charge is -2.14. The van der Waals surface area contributed by atoms with Gasteiger partial charge in [-0.05, 0) is 25.5 Å². The van der Waals surface area contributed by atoms with E-state index in [1.54, 1.807) is 6.92 Å². The van der Waals surface area contributed by atoms with E-state index >= 15 is 0 Å². The Bertz CT molecular complexity index is 491. The van der Waals surface area contributed by atoms with Crippen LogP contribution < -0.4 is 11.1 Å². The summed E-state index contributed by atoms with van der Waals surface area (Å²) in [7, 11) is 0. The highest BCUT2D eigenvalue weighted by atomic mass is 32.1. The monoisotopic (exact) mass is 272 g/mol. The third-order valence-corrected chi connectivity index (χ3v) is 2.56. The highest BCUT2D eigenvalue weighted by Gasteiger charge is 2.20.